The van der Waals surface area contributed by atoms with E-state index in [1.165, 1.54) is 22.3 Å². The van der Waals surface area contributed by atoms with Crippen LogP contribution in [-0.4, -0.2) is 19.3 Å². The van der Waals surface area contributed by atoms with Crippen molar-refractivity contribution >= 4 is 21.8 Å². The molecule has 5 nitrogen and oxygen atoms in total. The Kier molecular flexibility index (Phi) is 8.48. The van der Waals surface area contributed by atoms with Gasteiger partial charge < -0.3 is 9.30 Å². The molecule has 0 amide bonds. The summed E-state index contributed by atoms with van der Waals surface area (Å²) in [4.78, 5) is 4.75. The van der Waals surface area contributed by atoms with Crippen LogP contribution >= 0.6 is 0 Å². The maximum Gasteiger partial charge on any atom is 2.00 e. The number of nitrogens with zero attached hydrogens (tertiary/aromatic N) is 4. The number of fused-ring (bicyclic) bond motifs is 3. The van der Waals surface area contributed by atoms with Crippen molar-refractivity contribution in [1.29, 1.82) is 0 Å². The second-order valence-corrected chi connectivity index (χ2v) is 11.9. The molecule has 0 saturated heterocycles. The quantitative estimate of drug-likeness (QED) is 0.152. The van der Waals surface area contributed by atoms with Crippen molar-refractivity contribution in [3.05, 3.63) is 132 Å². The molecule has 45 heavy (non-hydrogen) atoms. The number of benzene rings is 4. The van der Waals surface area contributed by atoms with Crippen molar-refractivity contribution in [2.24, 2.45) is 0 Å². The van der Waals surface area contributed by atoms with Gasteiger partial charge in [-0.15, -0.1) is 35.7 Å². The zero-order valence-electron chi connectivity index (χ0n) is 26.0. The zero-order valence-corrected chi connectivity index (χ0v) is 28.3. The van der Waals surface area contributed by atoms with Crippen molar-refractivity contribution in [3.8, 4) is 34.1 Å². The van der Waals surface area contributed by atoms with Crippen molar-refractivity contribution < 1.29 is 25.8 Å². The van der Waals surface area contributed by atoms with Crippen LogP contribution in [-0.2, 0) is 21.1 Å². The Morgan fingerprint density at radius 2 is 1.58 bits per heavy atom. The SMILES string of the molecule is Cc1cccc(C(C)C)c1-c1cnn(-c2[c-]c(Oc3[c-]c4c(cc3)c3ccccc3n4-c3cc(C(C)C)ccn3)ccc2)c1.[Pt+2]. The summed E-state index contributed by atoms with van der Waals surface area (Å²) in [5.74, 6) is 2.89. The molecule has 0 aliphatic carbocycles. The van der Waals surface area contributed by atoms with Gasteiger partial charge in [-0.1, -0.05) is 69.6 Å². The first-order valence-electron chi connectivity index (χ1n) is 15.1. The van der Waals surface area contributed by atoms with Crippen molar-refractivity contribution in [2.75, 3.05) is 0 Å². The standard InChI is InChI=1S/C39H34N4O.Pt/c1-25(2)28-18-19-40-38(20-28)43-36-15-7-6-13-34(36)35-17-16-32(22-37(35)43)44-31-12-9-11-30(21-31)42-24-29(23-41-42)39-27(5)10-8-14-33(39)26(3)4;/h6-20,23-26H,1-5H3;/q-2;+2. The molecular weight excluding hydrogens is 736 g/mol. The van der Waals surface area contributed by atoms with Gasteiger partial charge in [0.15, 0.2) is 0 Å². The number of hydrogen-bond donors (Lipinski definition) is 0. The Hall–Kier alpha value is -4.47. The largest absolute Gasteiger partial charge is 2.00 e. The topological polar surface area (TPSA) is 44.9 Å². The molecule has 0 aliphatic rings. The molecule has 0 saturated carbocycles. The number of aromatic nitrogens is 4. The summed E-state index contributed by atoms with van der Waals surface area (Å²) in [5.41, 5.74) is 8.95. The average molecular weight is 770 g/mol. The van der Waals surface area contributed by atoms with E-state index in [0.717, 1.165) is 38.9 Å². The molecule has 0 spiro atoms. The van der Waals surface area contributed by atoms with Gasteiger partial charge in [0.05, 0.1) is 6.20 Å². The van der Waals surface area contributed by atoms with Crippen LogP contribution < -0.4 is 4.74 Å². The van der Waals surface area contributed by atoms with Crippen LogP contribution in [0.1, 0.15) is 56.2 Å². The number of rotatable bonds is 7. The van der Waals surface area contributed by atoms with Gasteiger partial charge in [-0.2, -0.15) is 17.2 Å². The molecule has 7 aromatic rings. The molecular formula is C39H34N4OPt. The van der Waals surface area contributed by atoms with Crippen LogP contribution in [0.15, 0.2) is 104 Å². The Morgan fingerprint density at radius 1 is 0.778 bits per heavy atom. The van der Waals surface area contributed by atoms with Crippen LogP contribution in [0.3, 0.4) is 0 Å². The molecule has 0 radical (unpaired) electrons. The number of pyridine rings is 1. The van der Waals surface area contributed by atoms with E-state index in [1.54, 1.807) is 0 Å². The van der Waals surface area contributed by atoms with Gasteiger partial charge in [0.25, 0.3) is 0 Å². The fourth-order valence-corrected chi connectivity index (χ4v) is 5.98. The number of para-hydroxylation sites is 1. The molecule has 7 rings (SSSR count). The Morgan fingerprint density at radius 3 is 2.40 bits per heavy atom. The second kappa shape index (κ2) is 12.5. The Labute approximate surface area is 278 Å². The maximum atomic E-state index is 6.37. The van der Waals surface area contributed by atoms with Gasteiger partial charge in [0, 0.05) is 35.0 Å². The summed E-state index contributed by atoms with van der Waals surface area (Å²) in [6.45, 7) is 11.0. The average Bonchev–Trinajstić information content (AvgIpc) is 3.64. The van der Waals surface area contributed by atoms with Crippen LogP contribution in [0, 0.1) is 19.1 Å². The van der Waals surface area contributed by atoms with E-state index in [2.05, 4.69) is 118 Å². The minimum Gasteiger partial charge on any atom is -0.509 e. The summed E-state index contributed by atoms with van der Waals surface area (Å²) < 4.78 is 10.4. The summed E-state index contributed by atoms with van der Waals surface area (Å²) in [6, 6.07) is 36.0. The van der Waals surface area contributed by atoms with Crippen molar-refractivity contribution in [1.82, 2.24) is 19.3 Å². The molecule has 4 aromatic carbocycles. The molecule has 0 unspecified atom stereocenters. The van der Waals surface area contributed by atoms with Gasteiger partial charge in [-0.3, -0.25) is 4.68 Å². The summed E-state index contributed by atoms with van der Waals surface area (Å²) in [5, 5.41) is 6.95. The monoisotopic (exact) mass is 769 g/mol. The number of ether oxygens (including phenoxy) is 1. The summed E-state index contributed by atoms with van der Waals surface area (Å²) >= 11 is 0. The predicted octanol–water partition coefficient (Wildman–Crippen LogP) is 9.98. The van der Waals surface area contributed by atoms with Crippen LogP contribution in [0.4, 0.5) is 0 Å². The number of aryl methyl sites for hydroxylation is 1. The third-order valence-electron chi connectivity index (χ3n) is 8.24. The van der Waals surface area contributed by atoms with Crippen LogP contribution in [0.25, 0.3) is 44.4 Å². The molecule has 0 bridgehead atoms. The smallest absolute Gasteiger partial charge is 0.509 e. The number of hydrogen-bond acceptors (Lipinski definition) is 3. The third-order valence-corrected chi connectivity index (χ3v) is 8.24. The van der Waals surface area contributed by atoms with E-state index in [9.17, 15) is 0 Å². The maximum absolute atomic E-state index is 6.37. The molecule has 6 heteroatoms. The van der Waals surface area contributed by atoms with Gasteiger partial charge in [0.2, 0.25) is 0 Å². The predicted molar refractivity (Wildman–Crippen MR) is 178 cm³/mol. The Balaban J connectivity index is 0.00000357. The van der Waals surface area contributed by atoms with E-state index < -0.39 is 0 Å². The fraction of sp³-hybridized carbons (Fsp3) is 0.179. The minimum absolute atomic E-state index is 0. The van der Waals surface area contributed by atoms with Crippen molar-refractivity contribution in [3.63, 3.8) is 0 Å². The van der Waals surface area contributed by atoms with E-state index in [0.29, 0.717) is 23.3 Å². The second-order valence-electron chi connectivity index (χ2n) is 11.9. The van der Waals surface area contributed by atoms with E-state index >= 15 is 0 Å². The minimum atomic E-state index is 0. The Bertz CT molecular complexity index is 2140. The summed E-state index contributed by atoms with van der Waals surface area (Å²) in [6.07, 6.45) is 5.88. The van der Waals surface area contributed by atoms with Crippen molar-refractivity contribution in [2.45, 2.75) is 46.5 Å². The molecule has 0 N–H and O–H groups in total. The van der Waals surface area contributed by atoms with Crippen LogP contribution in [0.2, 0.25) is 0 Å². The first-order valence-corrected chi connectivity index (χ1v) is 15.1. The normalized spacial score (nSPS) is 11.4. The van der Waals surface area contributed by atoms with E-state index in [4.69, 9.17) is 14.8 Å². The molecule has 0 atom stereocenters. The molecule has 3 aromatic heterocycles. The molecule has 0 aliphatic heterocycles. The first kappa shape index (κ1) is 30.6. The molecule has 226 valence electrons. The summed E-state index contributed by atoms with van der Waals surface area (Å²) in [7, 11) is 0. The van der Waals surface area contributed by atoms with Gasteiger partial charge in [0.1, 0.15) is 5.82 Å². The van der Waals surface area contributed by atoms with E-state index in [1.807, 2.05) is 41.3 Å². The molecule has 0 fully saturated rings. The van der Waals surface area contributed by atoms with E-state index in [-0.39, 0.29) is 21.1 Å². The van der Waals surface area contributed by atoms with Crippen LogP contribution in [0.5, 0.6) is 11.5 Å². The first-order chi connectivity index (χ1) is 21.4. The zero-order chi connectivity index (χ0) is 30.4. The third kappa shape index (κ3) is 5.73. The fourth-order valence-electron chi connectivity index (χ4n) is 5.98. The van der Waals surface area contributed by atoms with Gasteiger partial charge in [-0.25, -0.2) is 4.98 Å². The molecule has 3 heterocycles. The van der Waals surface area contributed by atoms with Gasteiger partial charge in [-0.05, 0) is 70.3 Å². The van der Waals surface area contributed by atoms with Gasteiger partial charge >= 0.3 is 21.1 Å².